The molecule has 1 aromatic rings. The summed E-state index contributed by atoms with van der Waals surface area (Å²) in [6.45, 7) is 5.20. The van der Waals surface area contributed by atoms with Crippen molar-refractivity contribution in [1.82, 2.24) is 9.88 Å². The molecule has 3 saturated carbocycles. The lowest BCUT2D eigenvalue weighted by Gasteiger charge is -2.32. The quantitative estimate of drug-likeness (QED) is 0.584. The Balaban J connectivity index is 1.16. The fraction of sp³-hybridized carbons (Fsp3) is 0.679. The van der Waals surface area contributed by atoms with E-state index in [-0.39, 0.29) is 30.7 Å². The van der Waals surface area contributed by atoms with Crippen LogP contribution in [0.15, 0.2) is 34.6 Å². The van der Waals surface area contributed by atoms with Crippen LogP contribution >= 0.6 is 0 Å². The third kappa shape index (κ3) is 5.15. The van der Waals surface area contributed by atoms with Crippen molar-refractivity contribution >= 4 is 11.6 Å². The molecule has 4 fully saturated rings. The predicted octanol–water partition coefficient (Wildman–Crippen LogP) is 3.59. The smallest absolute Gasteiger partial charge is 0.270 e. The number of fused-ring (bicyclic) bond motifs is 1. The Morgan fingerprint density at radius 2 is 2.08 bits per heavy atom. The molecule has 36 heavy (non-hydrogen) atoms. The Hall–Kier alpha value is -2.48. The van der Waals surface area contributed by atoms with Gasteiger partial charge in [0.2, 0.25) is 5.88 Å². The monoisotopic (exact) mass is 498 g/mol. The highest BCUT2D eigenvalue weighted by Gasteiger charge is 2.56. The summed E-state index contributed by atoms with van der Waals surface area (Å²) in [5, 5.41) is 9.66. The molecule has 7 nitrogen and oxygen atoms in total. The van der Waals surface area contributed by atoms with Gasteiger partial charge in [-0.25, -0.2) is 9.37 Å². The van der Waals surface area contributed by atoms with Gasteiger partial charge in [-0.2, -0.15) is 0 Å². The summed E-state index contributed by atoms with van der Waals surface area (Å²) in [4.78, 5) is 23.8. The van der Waals surface area contributed by atoms with Crippen LogP contribution < -0.4 is 10.5 Å². The summed E-state index contributed by atoms with van der Waals surface area (Å²) in [7, 11) is 0. The van der Waals surface area contributed by atoms with Gasteiger partial charge in [0.1, 0.15) is 18.0 Å². The lowest BCUT2D eigenvalue weighted by Crippen LogP contribution is -2.48. The molecule has 8 heteroatoms. The SMILES string of the molecule is Cc1cccnc1OC1CCC(CCN=C2CC3C(/C2=C(/N)C(=O)N2CC[C@H](O)[C@H](F)C2)[C@@H]3C)CC1. The van der Waals surface area contributed by atoms with Crippen LogP contribution in [0.3, 0.4) is 0 Å². The van der Waals surface area contributed by atoms with E-state index in [4.69, 9.17) is 15.5 Å². The molecular weight excluding hydrogens is 459 g/mol. The first-order chi connectivity index (χ1) is 17.3. The van der Waals surface area contributed by atoms with Gasteiger partial charge < -0.3 is 20.5 Å². The largest absolute Gasteiger partial charge is 0.474 e. The third-order valence-corrected chi connectivity index (χ3v) is 8.82. The molecule has 2 heterocycles. The van der Waals surface area contributed by atoms with Gasteiger partial charge >= 0.3 is 0 Å². The summed E-state index contributed by atoms with van der Waals surface area (Å²) in [6, 6.07) is 3.95. The number of alkyl halides is 1. The highest BCUT2D eigenvalue weighted by Crippen LogP contribution is 2.59. The molecule has 196 valence electrons. The number of aliphatic hydroxyl groups is 1. The lowest BCUT2D eigenvalue weighted by molar-refractivity contribution is -0.131. The van der Waals surface area contributed by atoms with Crippen LogP contribution in [0.5, 0.6) is 5.88 Å². The number of aryl methyl sites for hydroxylation is 1. The van der Waals surface area contributed by atoms with Crippen molar-refractivity contribution in [3.05, 3.63) is 35.2 Å². The van der Waals surface area contributed by atoms with Gasteiger partial charge in [0.15, 0.2) is 0 Å². The maximum Gasteiger partial charge on any atom is 0.270 e. The summed E-state index contributed by atoms with van der Waals surface area (Å²) in [6.07, 6.45) is 6.05. The Bertz CT molecular complexity index is 1040. The van der Waals surface area contributed by atoms with Crippen LogP contribution in [-0.4, -0.2) is 64.6 Å². The second kappa shape index (κ2) is 10.5. The van der Waals surface area contributed by atoms with Gasteiger partial charge in [-0.1, -0.05) is 13.0 Å². The van der Waals surface area contributed by atoms with Crippen molar-refractivity contribution in [2.24, 2.45) is 34.4 Å². The van der Waals surface area contributed by atoms with Crippen LogP contribution in [0, 0.1) is 30.6 Å². The van der Waals surface area contributed by atoms with Gasteiger partial charge in [0.05, 0.1) is 12.6 Å². The Labute approximate surface area is 213 Å². The highest BCUT2D eigenvalue weighted by atomic mass is 19.1. The number of ether oxygens (including phenoxy) is 1. The number of carbonyl (C=O) groups is 1. The van der Waals surface area contributed by atoms with Crippen molar-refractivity contribution in [3.63, 3.8) is 0 Å². The van der Waals surface area contributed by atoms with Crippen molar-refractivity contribution < 1.29 is 19.0 Å². The second-order valence-electron chi connectivity index (χ2n) is 11.2. The van der Waals surface area contributed by atoms with Crippen LogP contribution in [0.25, 0.3) is 0 Å². The van der Waals surface area contributed by atoms with Crippen LogP contribution in [0.2, 0.25) is 0 Å². The summed E-state index contributed by atoms with van der Waals surface area (Å²) in [5.74, 6) is 2.39. The zero-order valence-electron chi connectivity index (χ0n) is 21.4. The fourth-order valence-corrected chi connectivity index (χ4v) is 6.38. The zero-order valence-corrected chi connectivity index (χ0v) is 21.4. The molecule has 3 aliphatic carbocycles. The number of carbonyl (C=O) groups excluding carboxylic acids is 1. The van der Waals surface area contributed by atoms with Gasteiger partial charge in [-0.15, -0.1) is 0 Å². The standard InChI is InChI=1S/C28H39FN4O3/c1-16-4-3-11-32-27(16)36-19-7-5-18(6-8-19)9-12-31-22-14-20-17(2)24(20)25(22)26(30)28(35)33-13-10-23(34)21(29)15-33/h3-4,11,17-21,23-24,34H,5-10,12-15,30H2,1-2H3/b26-25+,31-22?/t17-,18?,19?,20?,21-,23+,24?/m1/s1. The third-order valence-electron chi connectivity index (χ3n) is 8.82. The Morgan fingerprint density at radius 1 is 1.31 bits per heavy atom. The number of rotatable bonds is 6. The fourth-order valence-electron chi connectivity index (χ4n) is 6.38. The van der Waals surface area contributed by atoms with Crippen LogP contribution in [-0.2, 0) is 4.79 Å². The number of halogens is 1. The molecule has 1 aromatic heterocycles. The van der Waals surface area contributed by atoms with Gasteiger partial charge in [-0.05, 0) is 81.6 Å². The van der Waals surface area contributed by atoms with E-state index in [0.717, 1.165) is 67.8 Å². The Kier molecular flexibility index (Phi) is 7.33. The molecule has 5 atom stereocenters. The van der Waals surface area contributed by atoms with Crippen LogP contribution in [0.4, 0.5) is 4.39 Å². The molecule has 0 bridgehead atoms. The summed E-state index contributed by atoms with van der Waals surface area (Å²) in [5.41, 5.74) is 9.60. The van der Waals surface area contributed by atoms with E-state index in [1.807, 2.05) is 19.1 Å². The number of likely N-dealkylation sites (tertiary alicyclic amines) is 1. The zero-order chi connectivity index (χ0) is 25.4. The number of nitrogens with two attached hydrogens (primary N) is 1. The van der Waals surface area contributed by atoms with E-state index in [9.17, 15) is 14.3 Å². The molecule has 4 aliphatic rings. The van der Waals surface area contributed by atoms with E-state index in [1.165, 1.54) is 4.90 Å². The predicted molar refractivity (Wildman–Crippen MR) is 136 cm³/mol. The number of amides is 1. The number of aliphatic hydroxyl groups excluding tert-OH is 1. The topological polar surface area (TPSA) is 101 Å². The number of pyridine rings is 1. The van der Waals surface area contributed by atoms with Gasteiger partial charge in [0, 0.05) is 36.1 Å². The normalized spacial score (nSPS) is 36.5. The van der Waals surface area contributed by atoms with E-state index in [2.05, 4.69) is 11.9 Å². The molecule has 1 amide bonds. The summed E-state index contributed by atoms with van der Waals surface area (Å²) < 4.78 is 20.2. The minimum absolute atomic E-state index is 0.101. The number of allylic oxidation sites excluding steroid dienone is 1. The molecule has 1 aliphatic heterocycles. The van der Waals surface area contributed by atoms with Crippen molar-refractivity contribution in [3.8, 4) is 5.88 Å². The molecule has 2 unspecified atom stereocenters. The van der Waals surface area contributed by atoms with Gasteiger partial charge in [-0.3, -0.25) is 9.79 Å². The highest BCUT2D eigenvalue weighted by molar-refractivity contribution is 6.10. The van der Waals surface area contributed by atoms with Gasteiger partial charge in [0.25, 0.3) is 5.91 Å². The minimum Gasteiger partial charge on any atom is -0.474 e. The maximum absolute atomic E-state index is 14.0. The Morgan fingerprint density at radius 3 is 2.81 bits per heavy atom. The van der Waals surface area contributed by atoms with E-state index in [0.29, 0.717) is 30.2 Å². The lowest BCUT2D eigenvalue weighted by atomic mass is 9.85. The first kappa shape index (κ1) is 25.2. The molecular formula is C28H39FN4O3. The average Bonchev–Trinajstić information content (AvgIpc) is 3.32. The molecule has 1 saturated heterocycles. The van der Waals surface area contributed by atoms with Crippen molar-refractivity contribution in [2.75, 3.05) is 19.6 Å². The molecule has 0 radical (unpaired) electrons. The number of hydrogen-bond donors (Lipinski definition) is 2. The number of hydrogen-bond acceptors (Lipinski definition) is 6. The van der Waals surface area contributed by atoms with E-state index >= 15 is 0 Å². The molecule has 5 rings (SSSR count). The molecule has 0 aromatic carbocycles. The summed E-state index contributed by atoms with van der Waals surface area (Å²) >= 11 is 0. The molecule has 3 N–H and O–H groups in total. The van der Waals surface area contributed by atoms with E-state index in [1.54, 1.807) is 6.20 Å². The van der Waals surface area contributed by atoms with Crippen LogP contribution in [0.1, 0.15) is 57.4 Å². The maximum atomic E-state index is 14.0. The first-order valence-electron chi connectivity index (χ1n) is 13.6. The number of aliphatic imine (C=N–C) groups is 1. The van der Waals surface area contributed by atoms with Crippen molar-refractivity contribution in [2.45, 2.75) is 77.2 Å². The second-order valence-corrected chi connectivity index (χ2v) is 11.2. The average molecular weight is 499 g/mol. The number of piperidine rings is 1. The first-order valence-corrected chi connectivity index (χ1v) is 13.6. The van der Waals surface area contributed by atoms with Crippen molar-refractivity contribution in [1.29, 1.82) is 0 Å². The van der Waals surface area contributed by atoms with E-state index < -0.39 is 12.3 Å². The minimum atomic E-state index is -1.42. The number of nitrogens with zero attached hydrogens (tertiary/aromatic N) is 3. The number of aromatic nitrogens is 1. The molecule has 0 spiro atoms.